The molecule has 0 saturated carbocycles. The molecule has 0 aliphatic carbocycles. The summed E-state index contributed by atoms with van der Waals surface area (Å²) >= 11 is 5.75. The summed E-state index contributed by atoms with van der Waals surface area (Å²) in [5, 5.41) is 5.75. The Bertz CT molecular complexity index is 350. The molecular formula is C10H11ClN2O. The van der Waals surface area contributed by atoms with E-state index < -0.39 is 0 Å². The summed E-state index contributed by atoms with van der Waals surface area (Å²) in [4.78, 5) is 11.2. The summed E-state index contributed by atoms with van der Waals surface area (Å²) < 4.78 is 0. The van der Waals surface area contributed by atoms with Gasteiger partial charge in [0.05, 0.1) is 0 Å². The van der Waals surface area contributed by atoms with Crippen molar-refractivity contribution >= 4 is 23.3 Å². The van der Waals surface area contributed by atoms with Gasteiger partial charge in [0.2, 0.25) is 0 Å². The van der Waals surface area contributed by atoms with Gasteiger partial charge in [0, 0.05) is 16.9 Å². The Hall–Kier alpha value is -1.48. The Morgan fingerprint density at radius 2 is 2.29 bits per heavy atom. The van der Waals surface area contributed by atoms with Crippen LogP contribution in [0.5, 0.6) is 0 Å². The fraction of sp³-hybridized carbons (Fsp3) is 0.100. The average molecular weight is 211 g/mol. The van der Waals surface area contributed by atoms with Gasteiger partial charge in [0.1, 0.15) is 0 Å². The largest absolute Gasteiger partial charge is 0.323 e. The SMILES string of the molecule is C/C=C/NC(=O)Nc1cccc(Cl)c1. The van der Waals surface area contributed by atoms with Crippen molar-refractivity contribution in [3.63, 3.8) is 0 Å². The molecule has 1 rings (SSSR count). The predicted octanol–water partition coefficient (Wildman–Crippen LogP) is 3.00. The summed E-state index contributed by atoms with van der Waals surface area (Å²) in [6.07, 6.45) is 3.29. The van der Waals surface area contributed by atoms with Gasteiger partial charge < -0.3 is 10.6 Å². The molecular weight excluding hydrogens is 200 g/mol. The highest BCUT2D eigenvalue weighted by atomic mass is 35.5. The van der Waals surface area contributed by atoms with E-state index >= 15 is 0 Å². The zero-order chi connectivity index (χ0) is 10.4. The molecule has 0 saturated heterocycles. The van der Waals surface area contributed by atoms with Gasteiger partial charge in [-0.2, -0.15) is 0 Å². The number of allylic oxidation sites excluding steroid dienone is 1. The standard InChI is InChI=1S/C10H11ClN2O/c1-2-6-12-10(14)13-9-5-3-4-8(11)7-9/h2-7H,1H3,(H2,12,13,14)/b6-2+. The molecule has 14 heavy (non-hydrogen) atoms. The quantitative estimate of drug-likeness (QED) is 0.774. The number of carbonyl (C=O) groups excluding carboxylic acids is 1. The molecule has 0 aromatic heterocycles. The molecule has 4 heteroatoms. The van der Waals surface area contributed by atoms with E-state index in [1.54, 1.807) is 36.5 Å². The van der Waals surface area contributed by atoms with Crippen LogP contribution in [0.3, 0.4) is 0 Å². The van der Waals surface area contributed by atoms with Gasteiger partial charge in [-0.05, 0) is 25.1 Å². The zero-order valence-electron chi connectivity index (χ0n) is 7.75. The van der Waals surface area contributed by atoms with E-state index in [2.05, 4.69) is 10.6 Å². The van der Waals surface area contributed by atoms with E-state index in [0.717, 1.165) is 0 Å². The zero-order valence-corrected chi connectivity index (χ0v) is 8.51. The molecule has 0 atom stereocenters. The molecule has 0 unspecified atom stereocenters. The summed E-state index contributed by atoms with van der Waals surface area (Å²) in [6, 6.07) is 6.67. The van der Waals surface area contributed by atoms with Crippen LogP contribution in [-0.2, 0) is 0 Å². The molecule has 0 spiro atoms. The van der Waals surface area contributed by atoms with E-state index in [1.165, 1.54) is 0 Å². The molecule has 74 valence electrons. The number of urea groups is 1. The molecule has 2 amide bonds. The Labute approximate surface area is 87.8 Å². The summed E-state index contributed by atoms with van der Waals surface area (Å²) in [7, 11) is 0. The van der Waals surface area contributed by atoms with Crippen molar-refractivity contribution in [1.82, 2.24) is 5.32 Å². The molecule has 1 aromatic carbocycles. The van der Waals surface area contributed by atoms with Crippen LogP contribution in [0.2, 0.25) is 5.02 Å². The fourth-order valence-electron chi connectivity index (χ4n) is 0.892. The van der Waals surface area contributed by atoms with E-state index in [-0.39, 0.29) is 6.03 Å². The number of carbonyl (C=O) groups is 1. The van der Waals surface area contributed by atoms with Crippen molar-refractivity contribution in [2.24, 2.45) is 0 Å². The number of hydrogen-bond donors (Lipinski definition) is 2. The van der Waals surface area contributed by atoms with E-state index in [0.29, 0.717) is 10.7 Å². The van der Waals surface area contributed by atoms with Crippen LogP contribution in [0.15, 0.2) is 36.5 Å². The number of amides is 2. The monoisotopic (exact) mass is 210 g/mol. The van der Waals surface area contributed by atoms with Crippen LogP contribution in [0.4, 0.5) is 10.5 Å². The van der Waals surface area contributed by atoms with Crippen molar-refractivity contribution in [3.05, 3.63) is 41.6 Å². The summed E-state index contributed by atoms with van der Waals surface area (Å²) in [5.41, 5.74) is 0.666. The first-order valence-corrected chi connectivity index (χ1v) is 4.54. The normalized spacial score (nSPS) is 10.1. The first-order valence-electron chi connectivity index (χ1n) is 4.16. The van der Waals surface area contributed by atoms with E-state index in [9.17, 15) is 4.79 Å². The average Bonchev–Trinajstić information content (AvgIpc) is 2.15. The number of anilines is 1. The lowest BCUT2D eigenvalue weighted by atomic mass is 10.3. The molecule has 2 N–H and O–H groups in total. The van der Waals surface area contributed by atoms with E-state index in [1.807, 2.05) is 6.92 Å². The van der Waals surface area contributed by atoms with Crippen LogP contribution in [0.1, 0.15) is 6.92 Å². The molecule has 0 fully saturated rings. The van der Waals surface area contributed by atoms with E-state index in [4.69, 9.17) is 11.6 Å². The van der Waals surface area contributed by atoms with Gasteiger partial charge in [0.25, 0.3) is 0 Å². The smallest absolute Gasteiger partial charge is 0.315 e. The van der Waals surface area contributed by atoms with Gasteiger partial charge in [-0.15, -0.1) is 0 Å². The number of benzene rings is 1. The lowest BCUT2D eigenvalue weighted by Gasteiger charge is -2.04. The van der Waals surface area contributed by atoms with Gasteiger partial charge >= 0.3 is 6.03 Å². The number of hydrogen-bond acceptors (Lipinski definition) is 1. The maximum Gasteiger partial charge on any atom is 0.323 e. The summed E-state index contributed by atoms with van der Waals surface area (Å²) in [6.45, 7) is 1.82. The Kier molecular flexibility index (Phi) is 4.01. The van der Waals surface area contributed by atoms with Crippen molar-refractivity contribution in [1.29, 1.82) is 0 Å². The van der Waals surface area contributed by atoms with Gasteiger partial charge in [-0.25, -0.2) is 4.79 Å². The molecule has 1 aromatic rings. The highest BCUT2D eigenvalue weighted by molar-refractivity contribution is 6.30. The first kappa shape index (κ1) is 10.6. The minimum absolute atomic E-state index is 0.287. The van der Waals surface area contributed by atoms with Crippen LogP contribution in [0, 0.1) is 0 Å². The topological polar surface area (TPSA) is 41.1 Å². The second kappa shape index (κ2) is 5.29. The van der Waals surface area contributed by atoms with Crippen LogP contribution in [0.25, 0.3) is 0 Å². The third kappa shape index (κ3) is 3.49. The molecule has 0 bridgehead atoms. The Morgan fingerprint density at radius 3 is 2.93 bits per heavy atom. The Morgan fingerprint density at radius 1 is 1.50 bits per heavy atom. The summed E-state index contributed by atoms with van der Waals surface area (Å²) in [5.74, 6) is 0. The van der Waals surface area contributed by atoms with Gasteiger partial charge in [-0.3, -0.25) is 0 Å². The van der Waals surface area contributed by atoms with Crippen molar-refractivity contribution in [3.8, 4) is 0 Å². The second-order valence-electron chi connectivity index (χ2n) is 2.61. The van der Waals surface area contributed by atoms with Crippen LogP contribution < -0.4 is 10.6 Å². The third-order valence-corrected chi connectivity index (χ3v) is 1.70. The van der Waals surface area contributed by atoms with Gasteiger partial charge in [0.15, 0.2) is 0 Å². The van der Waals surface area contributed by atoms with Crippen LogP contribution >= 0.6 is 11.6 Å². The fourth-order valence-corrected chi connectivity index (χ4v) is 1.08. The predicted molar refractivity (Wildman–Crippen MR) is 58.4 cm³/mol. The van der Waals surface area contributed by atoms with Crippen molar-refractivity contribution < 1.29 is 4.79 Å². The minimum atomic E-state index is -0.287. The number of halogens is 1. The maximum atomic E-state index is 11.2. The van der Waals surface area contributed by atoms with Crippen LogP contribution in [-0.4, -0.2) is 6.03 Å². The third-order valence-electron chi connectivity index (χ3n) is 1.46. The second-order valence-corrected chi connectivity index (χ2v) is 3.05. The lowest BCUT2D eigenvalue weighted by molar-refractivity contribution is 0.255. The highest BCUT2D eigenvalue weighted by Crippen LogP contribution is 2.14. The maximum absolute atomic E-state index is 11.2. The number of nitrogens with one attached hydrogen (secondary N) is 2. The molecule has 0 aliphatic rings. The molecule has 3 nitrogen and oxygen atoms in total. The molecule has 0 heterocycles. The van der Waals surface area contributed by atoms with Gasteiger partial charge in [-0.1, -0.05) is 23.7 Å². The Balaban J connectivity index is 2.56. The number of rotatable bonds is 2. The highest BCUT2D eigenvalue weighted by Gasteiger charge is 1.98. The molecule has 0 aliphatic heterocycles. The molecule has 0 radical (unpaired) electrons. The van der Waals surface area contributed by atoms with Crippen molar-refractivity contribution in [2.45, 2.75) is 6.92 Å². The van der Waals surface area contributed by atoms with Crippen molar-refractivity contribution in [2.75, 3.05) is 5.32 Å². The lowest BCUT2D eigenvalue weighted by Crippen LogP contribution is -2.23. The first-order chi connectivity index (χ1) is 6.72. The minimum Gasteiger partial charge on any atom is -0.315 e.